The molecule has 4 nitrogen and oxygen atoms in total. The van der Waals surface area contributed by atoms with Crippen LogP contribution in [0.15, 0.2) is 66.0 Å². The Morgan fingerprint density at radius 3 is 2.66 bits per heavy atom. The molecule has 0 N–H and O–H groups in total. The van der Waals surface area contributed by atoms with Gasteiger partial charge in [0, 0.05) is 40.7 Å². The van der Waals surface area contributed by atoms with Gasteiger partial charge in [-0.3, -0.25) is 9.59 Å². The topological polar surface area (TPSA) is 46.6 Å². The van der Waals surface area contributed by atoms with Crippen molar-refractivity contribution < 1.29 is 14.3 Å². The van der Waals surface area contributed by atoms with Crippen LogP contribution in [0.1, 0.15) is 49.3 Å². The van der Waals surface area contributed by atoms with Crippen LogP contribution < -0.4 is 9.64 Å². The number of ether oxygens (including phenoxy) is 1. The van der Waals surface area contributed by atoms with E-state index in [0.29, 0.717) is 13.0 Å². The lowest BCUT2D eigenvalue weighted by molar-refractivity contribution is -0.118. The van der Waals surface area contributed by atoms with E-state index in [0.717, 1.165) is 35.5 Å². The molecule has 0 radical (unpaired) electrons. The minimum atomic E-state index is -0.395. The number of anilines is 1. The van der Waals surface area contributed by atoms with E-state index in [-0.39, 0.29) is 18.2 Å². The zero-order valence-corrected chi connectivity index (χ0v) is 23.0. The van der Waals surface area contributed by atoms with Crippen LogP contribution in [-0.4, -0.2) is 17.7 Å². The molecule has 0 bridgehead atoms. The van der Waals surface area contributed by atoms with Crippen LogP contribution in [0.3, 0.4) is 0 Å². The number of carbonyl (C=O) groups is 2. The van der Waals surface area contributed by atoms with Gasteiger partial charge in [-0.1, -0.05) is 43.2 Å². The maximum absolute atomic E-state index is 12.4. The third kappa shape index (κ3) is 5.34. The highest BCUT2D eigenvalue weighted by Crippen LogP contribution is 2.41. The van der Waals surface area contributed by atoms with Crippen molar-refractivity contribution in [2.24, 2.45) is 0 Å². The lowest BCUT2D eigenvalue weighted by atomic mass is 9.96. The van der Waals surface area contributed by atoms with Crippen molar-refractivity contribution in [3.63, 3.8) is 0 Å². The van der Waals surface area contributed by atoms with Crippen molar-refractivity contribution in [1.29, 1.82) is 0 Å². The van der Waals surface area contributed by atoms with E-state index in [1.807, 2.05) is 36.1 Å². The first-order chi connectivity index (χ1) is 18.5. The monoisotopic (exact) mass is 541 g/mol. The number of amides is 1. The van der Waals surface area contributed by atoms with Gasteiger partial charge in [0.1, 0.15) is 12.4 Å². The summed E-state index contributed by atoms with van der Waals surface area (Å²) in [5.74, 6) is 6.63. The molecule has 0 spiro atoms. The minimum absolute atomic E-state index is 0.171. The third-order valence-electron chi connectivity index (χ3n) is 6.93. The SMILES string of the molecule is CC#C[C@@H](CC(=O)Cl)c1ccc(OCc2ccc3scc(-c4cccc5c4CCN5C(=O)CC)c3c2)cc1. The molecule has 1 aromatic heterocycles. The first kappa shape index (κ1) is 26.0. The van der Waals surface area contributed by atoms with Gasteiger partial charge in [-0.2, -0.15) is 0 Å². The van der Waals surface area contributed by atoms with E-state index >= 15 is 0 Å². The summed E-state index contributed by atoms with van der Waals surface area (Å²) in [6.45, 7) is 4.85. The molecular formula is C32H28ClNO3S. The number of rotatable bonds is 8. The summed E-state index contributed by atoms with van der Waals surface area (Å²) in [7, 11) is 0. The first-order valence-electron chi connectivity index (χ1n) is 12.7. The molecule has 4 aromatic rings. The van der Waals surface area contributed by atoms with E-state index < -0.39 is 5.24 Å². The summed E-state index contributed by atoms with van der Waals surface area (Å²) in [6, 6.07) is 20.4. The maximum Gasteiger partial charge on any atom is 0.226 e. The number of carbonyl (C=O) groups excluding carboxylic acids is 2. The predicted octanol–water partition coefficient (Wildman–Crippen LogP) is 7.71. The number of hydrogen-bond acceptors (Lipinski definition) is 4. The third-order valence-corrected chi connectivity index (χ3v) is 8.05. The van der Waals surface area contributed by atoms with Crippen LogP contribution in [0.4, 0.5) is 5.69 Å². The van der Waals surface area contributed by atoms with Gasteiger partial charge < -0.3 is 9.64 Å². The van der Waals surface area contributed by atoms with Gasteiger partial charge in [-0.15, -0.1) is 17.3 Å². The number of fused-ring (bicyclic) bond motifs is 2. The Labute approximate surface area is 232 Å². The molecule has 1 amide bonds. The normalized spacial score (nSPS) is 13.1. The Morgan fingerprint density at radius 2 is 1.92 bits per heavy atom. The molecule has 0 saturated heterocycles. The van der Waals surface area contributed by atoms with Crippen molar-refractivity contribution in [2.45, 2.75) is 45.6 Å². The van der Waals surface area contributed by atoms with E-state index in [1.165, 1.54) is 26.8 Å². The summed E-state index contributed by atoms with van der Waals surface area (Å²) in [6.07, 6.45) is 1.57. The van der Waals surface area contributed by atoms with Gasteiger partial charge in [0.15, 0.2) is 0 Å². The molecule has 38 heavy (non-hydrogen) atoms. The smallest absolute Gasteiger partial charge is 0.226 e. The highest BCUT2D eigenvalue weighted by molar-refractivity contribution is 7.17. The number of nitrogens with zero attached hydrogens (tertiary/aromatic N) is 1. The van der Waals surface area contributed by atoms with Gasteiger partial charge in [-0.05, 0) is 82.9 Å². The first-order valence-corrected chi connectivity index (χ1v) is 14.0. The summed E-state index contributed by atoms with van der Waals surface area (Å²) < 4.78 is 7.32. The molecule has 1 aliphatic rings. The van der Waals surface area contributed by atoms with Gasteiger partial charge in [0.05, 0.1) is 5.92 Å². The second-order valence-electron chi connectivity index (χ2n) is 9.30. The molecule has 1 atom stereocenters. The fourth-order valence-corrected chi connectivity index (χ4v) is 6.16. The second kappa shape index (κ2) is 11.4. The number of thiophene rings is 1. The Morgan fingerprint density at radius 1 is 1.11 bits per heavy atom. The molecule has 192 valence electrons. The second-order valence-corrected chi connectivity index (χ2v) is 10.6. The van der Waals surface area contributed by atoms with Crippen molar-refractivity contribution >= 4 is 49.9 Å². The zero-order chi connectivity index (χ0) is 26.6. The molecule has 0 saturated carbocycles. The molecule has 5 rings (SSSR count). The van der Waals surface area contributed by atoms with Gasteiger partial charge >= 0.3 is 0 Å². The average molecular weight is 542 g/mol. The van der Waals surface area contributed by atoms with E-state index in [1.54, 1.807) is 18.3 Å². The van der Waals surface area contributed by atoms with Crippen LogP contribution in [-0.2, 0) is 22.6 Å². The molecule has 1 aliphatic heterocycles. The van der Waals surface area contributed by atoms with E-state index in [2.05, 4.69) is 53.6 Å². The fraction of sp³-hybridized carbons (Fsp3) is 0.250. The summed E-state index contributed by atoms with van der Waals surface area (Å²) in [5.41, 5.74) is 6.72. The molecule has 0 unspecified atom stereocenters. The summed E-state index contributed by atoms with van der Waals surface area (Å²) in [5, 5.41) is 3.02. The van der Waals surface area contributed by atoms with E-state index in [4.69, 9.17) is 16.3 Å². The van der Waals surface area contributed by atoms with Crippen molar-refractivity contribution in [2.75, 3.05) is 11.4 Å². The molecule has 0 aliphatic carbocycles. The van der Waals surface area contributed by atoms with E-state index in [9.17, 15) is 9.59 Å². The number of halogens is 1. The van der Waals surface area contributed by atoms with Crippen molar-refractivity contribution in [1.82, 2.24) is 0 Å². The fourth-order valence-electron chi connectivity index (χ4n) is 5.06. The van der Waals surface area contributed by atoms with Crippen molar-refractivity contribution in [3.8, 4) is 28.7 Å². The van der Waals surface area contributed by atoms with Crippen molar-refractivity contribution in [3.05, 3.63) is 82.7 Å². The lowest BCUT2D eigenvalue weighted by Crippen LogP contribution is -2.27. The number of hydrogen-bond donors (Lipinski definition) is 0. The van der Waals surface area contributed by atoms with Crippen LogP contribution in [0.2, 0.25) is 0 Å². The Balaban J connectivity index is 1.36. The Bertz CT molecular complexity index is 1560. The molecule has 3 aromatic carbocycles. The maximum atomic E-state index is 12.4. The van der Waals surface area contributed by atoms with Crippen LogP contribution in [0, 0.1) is 11.8 Å². The van der Waals surface area contributed by atoms with Crippen LogP contribution in [0.25, 0.3) is 21.2 Å². The Kier molecular flexibility index (Phi) is 7.83. The predicted molar refractivity (Wildman–Crippen MR) is 156 cm³/mol. The standard InChI is InChI=1S/C32H28ClNO3S/c1-3-6-23(18-31(33)35)22-10-12-24(13-11-22)37-19-21-9-14-30-27(17-21)28(20-38-30)25-7-5-8-29-26(25)15-16-34(29)32(36)4-2/h5,7-14,17,20,23H,4,15-16,18-19H2,1-2H3/t23-/m0/s1. The van der Waals surface area contributed by atoms with Gasteiger partial charge in [0.25, 0.3) is 0 Å². The summed E-state index contributed by atoms with van der Waals surface area (Å²) in [4.78, 5) is 25.7. The Hall–Kier alpha value is -3.59. The molecule has 2 heterocycles. The molecule has 0 fully saturated rings. The largest absolute Gasteiger partial charge is 0.489 e. The number of benzene rings is 3. The minimum Gasteiger partial charge on any atom is -0.489 e. The zero-order valence-electron chi connectivity index (χ0n) is 21.4. The van der Waals surface area contributed by atoms with Crippen LogP contribution >= 0.6 is 22.9 Å². The quantitative estimate of drug-likeness (QED) is 0.169. The van der Waals surface area contributed by atoms with Gasteiger partial charge in [0.2, 0.25) is 11.1 Å². The highest BCUT2D eigenvalue weighted by Gasteiger charge is 2.26. The molecule has 6 heteroatoms. The summed E-state index contributed by atoms with van der Waals surface area (Å²) >= 11 is 7.33. The van der Waals surface area contributed by atoms with Crippen LogP contribution in [0.5, 0.6) is 5.75 Å². The lowest BCUT2D eigenvalue weighted by Gasteiger charge is -2.17. The molecular weight excluding hydrogens is 514 g/mol. The highest BCUT2D eigenvalue weighted by atomic mass is 35.5. The van der Waals surface area contributed by atoms with Gasteiger partial charge in [-0.25, -0.2) is 0 Å². The average Bonchev–Trinajstić information content (AvgIpc) is 3.55.